The van der Waals surface area contributed by atoms with E-state index < -0.39 is 0 Å². The van der Waals surface area contributed by atoms with Crippen molar-refractivity contribution in [3.8, 4) is 17.2 Å². The second-order valence-electron chi connectivity index (χ2n) is 9.29. The van der Waals surface area contributed by atoms with Crippen molar-refractivity contribution >= 4 is 22.9 Å². The van der Waals surface area contributed by atoms with Crippen molar-refractivity contribution in [2.45, 2.75) is 38.0 Å². The Bertz CT molecular complexity index is 1420. The first kappa shape index (κ1) is 23.2. The lowest BCUT2D eigenvalue weighted by atomic mass is 10.0. The van der Waals surface area contributed by atoms with Crippen molar-refractivity contribution in [2.24, 2.45) is 0 Å². The lowest BCUT2D eigenvalue weighted by Gasteiger charge is -2.39. The minimum atomic E-state index is -0.204. The predicted molar refractivity (Wildman–Crippen MR) is 137 cm³/mol. The van der Waals surface area contributed by atoms with Crippen LogP contribution in [0.5, 0.6) is 17.2 Å². The number of fused-ring (bicyclic) bond motifs is 6. The number of amides is 1. The van der Waals surface area contributed by atoms with Gasteiger partial charge >= 0.3 is 0 Å². The van der Waals surface area contributed by atoms with Gasteiger partial charge in [-0.1, -0.05) is 18.2 Å². The van der Waals surface area contributed by atoms with E-state index in [2.05, 4.69) is 30.2 Å². The van der Waals surface area contributed by atoms with E-state index in [-0.39, 0.29) is 18.1 Å². The van der Waals surface area contributed by atoms with Gasteiger partial charge in [-0.15, -0.1) is 0 Å². The van der Waals surface area contributed by atoms with E-state index in [1.165, 1.54) is 6.33 Å². The topological polar surface area (TPSA) is 114 Å². The number of H-pyrrole nitrogens is 1. The van der Waals surface area contributed by atoms with Crippen LogP contribution in [0.15, 0.2) is 55.1 Å². The highest BCUT2D eigenvalue weighted by atomic mass is 16.5. The zero-order valence-electron chi connectivity index (χ0n) is 20.5. The van der Waals surface area contributed by atoms with Gasteiger partial charge < -0.3 is 29.4 Å². The van der Waals surface area contributed by atoms with E-state index in [4.69, 9.17) is 14.2 Å². The number of hydrogen-bond donors (Lipinski definition) is 2. The molecule has 2 aromatic heterocycles. The Morgan fingerprint density at radius 2 is 2.03 bits per heavy atom. The number of methoxy groups -OCH3 is 1. The van der Waals surface area contributed by atoms with Gasteiger partial charge in [0.25, 0.3) is 0 Å². The molecule has 2 aliphatic rings. The van der Waals surface area contributed by atoms with E-state index in [1.54, 1.807) is 13.4 Å². The number of nitrogens with one attached hydrogen (secondary N) is 2. The number of rotatable bonds is 2. The summed E-state index contributed by atoms with van der Waals surface area (Å²) >= 11 is 0. The van der Waals surface area contributed by atoms with Gasteiger partial charge in [0, 0.05) is 19.5 Å². The van der Waals surface area contributed by atoms with E-state index >= 15 is 0 Å². The number of ether oxygens (including phenoxy) is 3. The Labute approximate surface area is 214 Å². The van der Waals surface area contributed by atoms with E-state index in [0.717, 1.165) is 35.4 Å². The van der Waals surface area contributed by atoms with Crippen LogP contribution < -0.4 is 19.7 Å². The second-order valence-corrected chi connectivity index (χ2v) is 9.29. The summed E-state index contributed by atoms with van der Waals surface area (Å²) in [7, 11) is 1.62. The first-order valence-electron chi connectivity index (χ1n) is 12.4. The van der Waals surface area contributed by atoms with Crippen molar-refractivity contribution in [1.82, 2.24) is 25.3 Å². The molecule has 2 aliphatic heterocycles. The Hall–Kier alpha value is -4.18. The molecule has 1 saturated heterocycles. The molecule has 0 spiro atoms. The smallest absolute Gasteiger partial charge is 0.220 e. The van der Waals surface area contributed by atoms with Crippen LogP contribution in [0.1, 0.15) is 24.0 Å². The number of carbonyl (C=O) groups is 1. The largest absolute Gasteiger partial charge is 0.493 e. The Kier molecular flexibility index (Phi) is 6.32. The van der Waals surface area contributed by atoms with Crippen molar-refractivity contribution < 1.29 is 19.0 Å². The number of carbonyl (C=O) groups excluding carboxylic acids is 1. The number of aryl methyl sites for hydroxylation is 1. The van der Waals surface area contributed by atoms with Crippen LogP contribution in [0.25, 0.3) is 11.2 Å². The van der Waals surface area contributed by atoms with Gasteiger partial charge in [0.15, 0.2) is 23.0 Å². The average molecular weight is 501 g/mol. The molecule has 6 rings (SSSR count). The molecule has 37 heavy (non-hydrogen) atoms. The number of anilines is 1. The van der Waals surface area contributed by atoms with Crippen LogP contribution in [-0.4, -0.2) is 58.2 Å². The molecule has 2 N–H and O–H groups in total. The number of piperidine rings is 1. The Balaban J connectivity index is 1.28. The molecule has 4 aromatic rings. The van der Waals surface area contributed by atoms with E-state index in [9.17, 15) is 4.79 Å². The number of aromatic nitrogens is 4. The highest BCUT2D eigenvalue weighted by molar-refractivity contribution is 5.83. The lowest BCUT2D eigenvalue weighted by Crippen LogP contribution is -2.56. The van der Waals surface area contributed by atoms with Gasteiger partial charge in [-0.25, -0.2) is 15.0 Å². The molecule has 0 aliphatic carbocycles. The minimum absolute atomic E-state index is 0.0245. The van der Waals surface area contributed by atoms with Gasteiger partial charge in [0.2, 0.25) is 5.91 Å². The SMILES string of the molecule is COc1ccc2cc1Oc1cccc(c1)CO[C@@H]1CCN(c3ncnc4nc[nH]c34)C[C@@H]1NC(=O)CC2. The molecule has 10 heteroatoms. The molecule has 1 amide bonds. The van der Waals surface area contributed by atoms with Gasteiger partial charge in [0.1, 0.15) is 17.6 Å². The molecule has 2 atom stereocenters. The molecular formula is C27H28N6O4. The van der Waals surface area contributed by atoms with Gasteiger partial charge in [0.05, 0.1) is 32.2 Å². The molecule has 1 fully saturated rings. The van der Waals surface area contributed by atoms with Crippen LogP contribution in [0, 0.1) is 0 Å². The highest BCUT2D eigenvalue weighted by Gasteiger charge is 2.33. The molecule has 190 valence electrons. The molecule has 0 radical (unpaired) electrons. The minimum Gasteiger partial charge on any atom is -0.493 e. The highest BCUT2D eigenvalue weighted by Crippen LogP contribution is 2.33. The van der Waals surface area contributed by atoms with Crippen molar-refractivity contribution in [1.29, 1.82) is 0 Å². The van der Waals surface area contributed by atoms with Crippen LogP contribution in [-0.2, 0) is 22.6 Å². The van der Waals surface area contributed by atoms with Gasteiger partial charge in [-0.2, -0.15) is 0 Å². The third kappa shape index (κ3) is 4.92. The van der Waals surface area contributed by atoms with Crippen LogP contribution in [0.2, 0.25) is 0 Å². The molecule has 2 aromatic carbocycles. The molecule has 4 bridgehead atoms. The first-order valence-corrected chi connectivity index (χ1v) is 12.4. The number of hydrogen-bond acceptors (Lipinski definition) is 8. The van der Waals surface area contributed by atoms with Crippen molar-refractivity contribution in [2.75, 3.05) is 25.1 Å². The number of aromatic amines is 1. The monoisotopic (exact) mass is 500 g/mol. The normalized spacial score (nSPS) is 20.2. The zero-order valence-corrected chi connectivity index (χ0v) is 20.5. The summed E-state index contributed by atoms with van der Waals surface area (Å²) in [5, 5.41) is 3.24. The number of benzene rings is 2. The summed E-state index contributed by atoms with van der Waals surface area (Å²) in [5.74, 6) is 2.72. The maximum Gasteiger partial charge on any atom is 0.220 e. The maximum atomic E-state index is 13.1. The standard InChI is InChI=1S/C27H28N6O4/c1-35-22-7-5-17-6-8-24(34)32-20-13-33(27-25-26(29-15-28-25)30-16-31-27)10-9-21(20)36-14-18-3-2-4-19(11-18)37-23(22)12-17/h2-5,7,11-12,15-16,20-21H,6,8-10,13-14H2,1H3,(H,32,34)(H,28,29,30,31)/t20-,21+/m0/s1. The van der Waals surface area contributed by atoms with Crippen LogP contribution in [0.3, 0.4) is 0 Å². The fraction of sp³-hybridized carbons (Fsp3) is 0.333. The Morgan fingerprint density at radius 1 is 1.08 bits per heavy atom. The third-order valence-electron chi connectivity index (χ3n) is 6.86. The van der Waals surface area contributed by atoms with Crippen molar-refractivity contribution in [3.63, 3.8) is 0 Å². The summed E-state index contributed by atoms with van der Waals surface area (Å²) in [4.78, 5) is 31.4. The molecule has 0 saturated carbocycles. The fourth-order valence-electron chi connectivity index (χ4n) is 4.98. The molecule has 4 heterocycles. The Morgan fingerprint density at radius 3 is 2.95 bits per heavy atom. The quantitative estimate of drug-likeness (QED) is 0.431. The van der Waals surface area contributed by atoms with Gasteiger partial charge in [-0.05, 0) is 48.2 Å². The van der Waals surface area contributed by atoms with Crippen LogP contribution >= 0.6 is 0 Å². The first-order chi connectivity index (χ1) is 18.2. The predicted octanol–water partition coefficient (Wildman–Crippen LogP) is 3.38. The van der Waals surface area contributed by atoms with Gasteiger partial charge in [-0.3, -0.25) is 4.79 Å². The maximum absolute atomic E-state index is 13.1. The summed E-state index contributed by atoms with van der Waals surface area (Å²) in [6.45, 7) is 1.71. The summed E-state index contributed by atoms with van der Waals surface area (Å²) in [5.41, 5.74) is 3.40. The summed E-state index contributed by atoms with van der Waals surface area (Å²) in [6.07, 6.45) is 4.66. The number of imidazole rings is 1. The van der Waals surface area contributed by atoms with E-state index in [1.807, 2.05) is 42.5 Å². The molecule has 0 unspecified atom stereocenters. The average Bonchev–Trinajstić information content (AvgIpc) is 3.40. The number of nitrogens with zero attached hydrogens (tertiary/aromatic N) is 4. The third-order valence-corrected chi connectivity index (χ3v) is 6.86. The van der Waals surface area contributed by atoms with Crippen LogP contribution in [0.4, 0.5) is 5.82 Å². The molecule has 10 nitrogen and oxygen atoms in total. The second kappa shape index (κ2) is 10.1. The summed E-state index contributed by atoms with van der Waals surface area (Å²) in [6, 6.07) is 13.4. The van der Waals surface area contributed by atoms with E-state index in [0.29, 0.717) is 48.9 Å². The lowest BCUT2D eigenvalue weighted by molar-refractivity contribution is -0.123. The fourth-order valence-corrected chi connectivity index (χ4v) is 4.98. The van der Waals surface area contributed by atoms with Crippen molar-refractivity contribution in [3.05, 3.63) is 66.2 Å². The molecular weight excluding hydrogens is 472 g/mol. The zero-order chi connectivity index (χ0) is 25.2. The summed E-state index contributed by atoms with van der Waals surface area (Å²) < 4.78 is 18.0.